The Hall–Kier alpha value is -4.52. The molecule has 0 unspecified atom stereocenters. The molecule has 3 heterocycles. The van der Waals surface area contributed by atoms with E-state index in [1.165, 1.54) is 6.33 Å². The number of carbonyl (C=O) groups is 1. The Labute approximate surface area is 190 Å². The number of anilines is 2. The molecule has 0 aliphatic rings. The first-order chi connectivity index (χ1) is 15.9. The molecule has 0 saturated heterocycles. The maximum Gasteiger partial charge on any atom is 0.250 e. The van der Waals surface area contributed by atoms with Crippen LogP contribution in [0.4, 0.5) is 11.5 Å². The fourth-order valence-electron chi connectivity index (χ4n) is 4.08. The van der Waals surface area contributed by atoms with E-state index in [0.717, 1.165) is 44.2 Å². The summed E-state index contributed by atoms with van der Waals surface area (Å²) >= 11 is 0. The first-order valence-electron chi connectivity index (χ1n) is 10.4. The van der Waals surface area contributed by atoms with Crippen molar-refractivity contribution in [3.05, 3.63) is 79.4 Å². The summed E-state index contributed by atoms with van der Waals surface area (Å²) in [5.74, 6) is 0.217. The molecule has 0 spiro atoms. The Morgan fingerprint density at radius 1 is 1.03 bits per heavy atom. The summed E-state index contributed by atoms with van der Waals surface area (Å²) in [4.78, 5) is 25.0. The number of carbonyl (C=O) groups excluding carboxylic acids is 1. The summed E-state index contributed by atoms with van der Waals surface area (Å²) in [7, 11) is 1.97. The maximum absolute atomic E-state index is 12.0. The van der Waals surface area contributed by atoms with Crippen molar-refractivity contribution in [2.24, 2.45) is 7.05 Å². The minimum Gasteiger partial charge on any atom is -0.383 e. The maximum atomic E-state index is 12.0. The van der Waals surface area contributed by atoms with E-state index in [-0.39, 0.29) is 5.91 Å². The number of hydrogen-bond donors (Lipinski definition) is 2. The molecule has 7 nitrogen and oxygen atoms in total. The predicted molar refractivity (Wildman–Crippen MR) is 133 cm³/mol. The largest absolute Gasteiger partial charge is 0.383 e. The monoisotopic (exact) mass is 434 g/mol. The van der Waals surface area contributed by atoms with Gasteiger partial charge in [0.15, 0.2) is 0 Å². The Morgan fingerprint density at radius 2 is 1.79 bits per heavy atom. The third-order valence-electron chi connectivity index (χ3n) is 5.73. The first-order valence-corrected chi connectivity index (χ1v) is 10.4. The summed E-state index contributed by atoms with van der Waals surface area (Å²) in [5.41, 5.74) is 12.1. The molecule has 5 aromatic rings. The van der Waals surface area contributed by atoms with Gasteiger partial charge in [0.05, 0.1) is 11.1 Å². The molecule has 162 valence electrons. The van der Waals surface area contributed by atoms with E-state index in [9.17, 15) is 4.79 Å². The van der Waals surface area contributed by atoms with Crippen molar-refractivity contribution in [2.75, 3.05) is 11.1 Å². The van der Waals surface area contributed by atoms with Crippen molar-refractivity contribution in [1.29, 1.82) is 0 Å². The van der Waals surface area contributed by atoms with Crippen molar-refractivity contribution < 1.29 is 4.79 Å². The number of nitrogens with two attached hydrogens (primary N) is 1. The number of fused-ring (bicyclic) bond motifs is 2. The SMILES string of the molecule is C=C(C)C(=O)Nc1ccc(-c2c(-c3ccc4ccncc4c3)c3c(N)ncnc3n2C)cc1. The van der Waals surface area contributed by atoms with Crippen LogP contribution in [0.1, 0.15) is 6.92 Å². The number of hydrogen-bond acceptors (Lipinski definition) is 5. The molecule has 1 amide bonds. The lowest BCUT2D eigenvalue weighted by molar-refractivity contribution is -0.112. The number of nitrogen functional groups attached to an aromatic ring is 1. The second kappa shape index (κ2) is 7.87. The highest BCUT2D eigenvalue weighted by atomic mass is 16.1. The van der Waals surface area contributed by atoms with E-state index in [0.29, 0.717) is 17.1 Å². The number of benzene rings is 2. The highest BCUT2D eigenvalue weighted by Crippen LogP contribution is 2.42. The van der Waals surface area contributed by atoms with Gasteiger partial charge in [0.1, 0.15) is 17.8 Å². The molecular formula is C26H22N6O. The van der Waals surface area contributed by atoms with Crippen molar-refractivity contribution in [3.63, 3.8) is 0 Å². The average molecular weight is 435 g/mol. The smallest absolute Gasteiger partial charge is 0.250 e. The molecule has 33 heavy (non-hydrogen) atoms. The number of aromatic nitrogens is 4. The fourth-order valence-corrected chi connectivity index (χ4v) is 4.08. The molecule has 3 aromatic heterocycles. The van der Waals surface area contributed by atoms with Crippen LogP contribution in [-0.2, 0) is 11.8 Å². The van der Waals surface area contributed by atoms with E-state index >= 15 is 0 Å². The standard InChI is InChI=1S/C26H22N6O/c1-15(2)26(33)31-20-8-6-17(7-9-20)23-21(22-24(27)29-14-30-25(22)32(23)3)18-5-4-16-10-11-28-13-19(16)12-18/h4-14H,1H2,2-3H3,(H,31,33)(H2,27,29,30). The Balaban J connectivity index is 1.72. The number of rotatable bonds is 4. The number of nitrogens with one attached hydrogen (secondary N) is 1. The van der Waals surface area contributed by atoms with E-state index in [1.807, 2.05) is 48.1 Å². The van der Waals surface area contributed by atoms with Gasteiger partial charge in [-0.3, -0.25) is 9.78 Å². The van der Waals surface area contributed by atoms with E-state index in [2.05, 4.69) is 45.0 Å². The molecule has 0 atom stereocenters. The minimum absolute atomic E-state index is 0.208. The zero-order valence-corrected chi connectivity index (χ0v) is 18.3. The van der Waals surface area contributed by atoms with E-state index < -0.39 is 0 Å². The first kappa shape index (κ1) is 20.4. The minimum atomic E-state index is -0.208. The molecule has 2 aromatic carbocycles. The van der Waals surface area contributed by atoms with Crippen molar-refractivity contribution >= 4 is 39.2 Å². The molecule has 3 N–H and O–H groups in total. The summed E-state index contributed by atoms with van der Waals surface area (Å²) in [5, 5.41) is 5.79. The fraction of sp³-hybridized carbons (Fsp3) is 0.0769. The number of aryl methyl sites for hydroxylation is 1. The summed E-state index contributed by atoms with van der Waals surface area (Å²) in [6.45, 7) is 5.36. The van der Waals surface area contributed by atoms with Gasteiger partial charge < -0.3 is 15.6 Å². The number of nitrogens with zero attached hydrogens (tertiary/aromatic N) is 4. The molecule has 5 rings (SSSR count). The van der Waals surface area contributed by atoms with Gasteiger partial charge in [-0.1, -0.05) is 30.8 Å². The van der Waals surface area contributed by atoms with Crippen LogP contribution in [0, 0.1) is 0 Å². The van der Waals surface area contributed by atoms with E-state index in [4.69, 9.17) is 5.73 Å². The van der Waals surface area contributed by atoms with Crippen LogP contribution in [0.15, 0.2) is 79.4 Å². The average Bonchev–Trinajstić information content (AvgIpc) is 3.13. The molecular weight excluding hydrogens is 412 g/mol. The molecule has 0 radical (unpaired) electrons. The Bertz CT molecular complexity index is 1550. The molecule has 0 saturated carbocycles. The van der Waals surface area contributed by atoms with Gasteiger partial charge in [0.25, 0.3) is 5.91 Å². The highest BCUT2D eigenvalue weighted by molar-refractivity contribution is 6.09. The van der Waals surface area contributed by atoms with Crippen LogP contribution in [0.3, 0.4) is 0 Å². The van der Waals surface area contributed by atoms with Gasteiger partial charge >= 0.3 is 0 Å². The van der Waals surface area contributed by atoms with E-state index in [1.54, 1.807) is 13.1 Å². The summed E-state index contributed by atoms with van der Waals surface area (Å²) < 4.78 is 2.03. The zero-order chi connectivity index (χ0) is 23.1. The van der Waals surface area contributed by atoms with Crippen LogP contribution in [0.25, 0.3) is 44.2 Å². The second-order valence-electron chi connectivity index (χ2n) is 7.99. The molecule has 7 heteroatoms. The lowest BCUT2D eigenvalue weighted by Gasteiger charge is -2.11. The summed E-state index contributed by atoms with van der Waals surface area (Å²) in [6, 6.07) is 15.9. The van der Waals surface area contributed by atoms with Crippen LogP contribution in [-0.4, -0.2) is 25.4 Å². The van der Waals surface area contributed by atoms with Gasteiger partial charge in [-0.05, 0) is 47.7 Å². The van der Waals surface area contributed by atoms with Crippen LogP contribution in [0.2, 0.25) is 0 Å². The normalized spacial score (nSPS) is 11.1. The molecule has 0 aliphatic heterocycles. The Morgan fingerprint density at radius 3 is 2.55 bits per heavy atom. The second-order valence-corrected chi connectivity index (χ2v) is 7.99. The highest BCUT2D eigenvalue weighted by Gasteiger charge is 2.22. The summed E-state index contributed by atoms with van der Waals surface area (Å²) in [6.07, 6.45) is 5.11. The van der Waals surface area contributed by atoms with Gasteiger partial charge in [0.2, 0.25) is 0 Å². The number of pyridine rings is 1. The Kier molecular flexibility index (Phi) is 4.86. The third-order valence-corrected chi connectivity index (χ3v) is 5.73. The van der Waals surface area contributed by atoms with Gasteiger partial charge in [-0.25, -0.2) is 9.97 Å². The zero-order valence-electron chi connectivity index (χ0n) is 18.3. The predicted octanol–water partition coefficient (Wildman–Crippen LogP) is 4.95. The molecule has 0 bridgehead atoms. The van der Waals surface area contributed by atoms with Crippen LogP contribution in [0.5, 0.6) is 0 Å². The quantitative estimate of drug-likeness (QED) is 0.390. The van der Waals surface area contributed by atoms with Gasteiger partial charge in [-0.15, -0.1) is 0 Å². The van der Waals surface area contributed by atoms with Crippen molar-refractivity contribution in [3.8, 4) is 22.4 Å². The third kappa shape index (κ3) is 3.49. The van der Waals surface area contributed by atoms with Crippen molar-refractivity contribution in [1.82, 2.24) is 19.5 Å². The topological polar surface area (TPSA) is 98.7 Å². The number of amides is 1. The lowest BCUT2D eigenvalue weighted by atomic mass is 9.97. The van der Waals surface area contributed by atoms with Gasteiger partial charge in [-0.2, -0.15) is 0 Å². The molecule has 0 fully saturated rings. The van der Waals surface area contributed by atoms with Crippen molar-refractivity contribution in [2.45, 2.75) is 6.92 Å². The van der Waals surface area contributed by atoms with Crippen LogP contribution < -0.4 is 11.1 Å². The van der Waals surface area contributed by atoms with Gasteiger partial charge in [0, 0.05) is 41.7 Å². The lowest BCUT2D eigenvalue weighted by Crippen LogP contribution is -2.11. The molecule has 0 aliphatic carbocycles. The van der Waals surface area contributed by atoms with Crippen LogP contribution >= 0.6 is 0 Å².